The number of carbonyl (C=O) groups excluding carboxylic acids is 1. The van der Waals surface area contributed by atoms with Gasteiger partial charge in [0.2, 0.25) is 6.67 Å². The number of amidine groups is 1. The van der Waals surface area contributed by atoms with Crippen LogP contribution >= 0.6 is 23.4 Å². The molecule has 0 saturated carbocycles. The monoisotopic (exact) mass is 308 g/mol. The molecule has 3 rings (SSSR count). The molecule has 101 valence electrons. The van der Waals surface area contributed by atoms with Crippen molar-refractivity contribution < 1.29 is 4.79 Å². The molecule has 0 unspecified atom stereocenters. The first-order valence-electron chi connectivity index (χ1n) is 5.87. The van der Waals surface area contributed by atoms with Crippen molar-refractivity contribution in [2.45, 2.75) is 0 Å². The quantitative estimate of drug-likeness (QED) is 0.674. The van der Waals surface area contributed by atoms with Gasteiger partial charge in [-0.25, -0.2) is 4.42 Å². The van der Waals surface area contributed by atoms with Gasteiger partial charge in [0.15, 0.2) is 11.9 Å². The SMILES string of the molecule is O=C(Nc1ccccc1Cl)C1=C[N+]2CN(Cl)C=CC2=N1. The van der Waals surface area contributed by atoms with E-state index >= 15 is 0 Å². The van der Waals surface area contributed by atoms with E-state index in [2.05, 4.69) is 10.3 Å². The Morgan fingerprint density at radius 2 is 2.20 bits per heavy atom. The number of hydrogen-bond donors (Lipinski definition) is 1. The summed E-state index contributed by atoms with van der Waals surface area (Å²) in [5.74, 6) is 0.376. The maximum atomic E-state index is 12.1. The van der Waals surface area contributed by atoms with Gasteiger partial charge in [0.05, 0.1) is 10.7 Å². The number of halogens is 2. The van der Waals surface area contributed by atoms with Crippen molar-refractivity contribution in [2.75, 3.05) is 12.0 Å². The molecule has 2 heterocycles. The van der Waals surface area contributed by atoms with Crippen molar-refractivity contribution in [3.05, 3.63) is 53.5 Å². The van der Waals surface area contributed by atoms with Crippen LogP contribution in [0, 0.1) is 0 Å². The summed E-state index contributed by atoms with van der Waals surface area (Å²) in [4.78, 5) is 18.2. The van der Waals surface area contributed by atoms with Crippen molar-refractivity contribution >= 4 is 40.8 Å². The second-order valence-electron chi connectivity index (χ2n) is 4.24. The highest BCUT2D eigenvalue weighted by molar-refractivity contribution is 6.34. The number of aliphatic imine (C=N–C) groups is 1. The van der Waals surface area contributed by atoms with Crippen molar-refractivity contribution in [3.8, 4) is 0 Å². The van der Waals surface area contributed by atoms with E-state index in [0.29, 0.717) is 28.9 Å². The Bertz CT molecular complexity index is 654. The van der Waals surface area contributed by atoms with Gasteiger partial charge >= 0.3 is 0 Å². The molecule has 7 heteroatoms. The highest BCUT2D eigenvalue weighted by Gasteiger charge is 2.34. The molecule has 1 N–H and O–H groups in total. The standard InChI is InChI=1S/C13H10Cl2N4O/c14-9-3-1-2-4-10(9)17-13(20)11-7-18-8-19(15)6-5-12(18)16-11/h1-7H,8H2,(H,17,20)/q+1. The number of para-hydroxylation sites is 1. The molecule has 2 aliphatic heterocycles. The summed E-state index contributed by atoms with van der Waals surface area (Å²) in [6, 6.07) is 7.04. The Kier molecular flexibility index (Phi) is 3.48. The van der Waals surface area contributed by atoms with E-state index in [4.69, 9.17) is 23.4 Å². The average Bonchev–Trinajstić information content (AvgIpc) is 2.84. The van der Waals surface area contributed by atoms with Crippen LogP contribution in [-0.4, -0.2) is 22.8 Å². The van der Waals surface area contributed by atoms with Gasteiger partial charge in [0.1, 0.15) is 0 Å². The van der Waals surface area contributed by atoms with Gasteiger partial charge in [-0.2, -0.15) is 4.99 Å². The Balaban J connectivity index is 1.77. The van der Waals surface area contributed by atoms with Gasteiger partial charge in [0.25, 0.3) is 11.7 Å². The Labute approximate surface area is 125 Å². The lowest BCUT2D eigenvalue weighted by molar-refractivity contribution is -0.112. The Hall–Kier alpha value is -1.82. The topological polar surface area (TPSA) is 50.6 Å². The molecule has 2 aliphatic rings. The molecule has 1 aromatic rings. The molecule has 1 aromatic carbocycles. The van der Waals surface area contributed by atoms with E-state index < -0.39 is 0 Å². The number of anilines is 1. The van der Waals surface area contributed by atoms with E-state index in [1.165, 1.54) is 4.42 Å². The fourth-order valence-electron chi connectivity index (χ4n) is 1.88. The lowest BCUT2D eigenvalue weighted by Gasteiger charge is -2.13. The summed E-state index contributed by atoms with van der Waals surface area (Å²) in [5.41, 5.74) is 0.871. The van der Waals surface area contributed by atoms with Crippen LogP contribution in [0.3, 0.4) is 0 Å². The normalized spacial score (nSPS) is 17.6. The third-order valence-corrected chi connectivity index (χ3v) is 3.38. The van der Waals surface area contributed by atoms with Crippen molar-refractivity contribution in [3.63, 3.8) is 0 Å². The maximum Gasteiger partial charge on any atom is 0.285 e. The fraction of sp³-hybridized carbons (Fsp3) is 0.0769. The highest BCUT2D eigenvalue weighted by Crippen LogP contribution is 2.22. The molecular weight excluding hydrogens is 299 g/mol. The molecular formula is C13H10Cl2N4O+. The number of benzene rings is 1. The summed E-state index contributed by atoms with van der Waals surface area (Å²) in [6.45, 7) is 0.444. The summed E-state index contributed by atoms with van der Waals surface area (Å²) >= 11 is 11.9. The highest BCUT2D eigenvalue weighted by atomic mass is 35.5. The predicted molar refractivity (Wildman–Crippen MR) is 79.4 cm³/mol. The molecule has 20 heavy (non-hydrogen) atoms. The second kappa shape index (κ2) is 5.28. The molecule has 1 radical (unpaired) electrons. The molecule has 0 atom stereocenters. The number of amides is 1. The van der Waals surface area contributed by atoms with Gasteiger partial charge in [-0.3, -0.25) is 4.79 Å². The fourth-order valence-corrected chi connectivity index (χ4v) is 2.23. The number of rotatable bonds is 2. The van der Waals surface area contributed by atoms with Crippen LogP contribution in [0.4, 0.5) is 5.69 Å². The maximum absolute atomic E-state index is 12.1. The third-order valence-electron chi connectivity index (χ3n) is 2.83. The van der Waals surface area contributed by atoms with Crippen LogP contribution < -0.4 is 10.2 Å². The molecule has 0 aromatic heterocycles. The van der Waals surface area contributed by atoms with Crippen LogP contribution in [0.1, 0.15) is 0 Å². The van der Waals surface area contributed by atoms with E-state index in [1.807, 2.05) is 0 Å². The summed E-state index contributed by atoms with van der Waals surface area (Å²) in [7, 11) is 0. The lowest BCUT2D eigenvalue weighted by atomic mass is 10.3. The minimum atomic E-state index is -0.311. The zero-order chi connectivity index (χ0) is 14.1. The first-order chi connectivity index (χ1) is 9.63. The van der Waals surface area contributed by atoms with Crippen molar-refractivity contribution in [2.24, 2.45) is 4.99 Å². The van der Waals surface area contributed by atoms with Crippen LogP contribution in [0.15, 0.2) is 53.4 Å². The van der Waals surface area contributed by atoms with E-state index in [0.717, 1.165) is 0 Å². The van der Waals surface area contributed by atoms with Gasteiger partial charge in [-0.15, -0.1) is 0 Å². The first kappa shape index (κ1) is 13.2. The average molecular weight is 309 g/mol. The molecule has 1 amide bonds. The zero-order valence-corrected chi connectivity index (χ0v) is 11.8. The molecule has 0 saturated heterocycles. The van der Waals surface area contributed by atoms with Crippen LogP contribution in [0.25, 0.3) is 0 Å². The van der Waals surface area contributed by atoms with E-state index in [-0.39, 0.29) is 5.91 Å². The van der Waals surface area contributed by atoms with Gasteiger partial charge in [0, 0.05) is 24.1 Å². The van der Waals surface area contributed by atoms with Crippen LogP contribution in [0.2, 0.25) is 5.02 Å². The number of fused-ring (bicyclic) bond motifs is 1. The summed E-state index contributed by atoms with van der Waals surface area (Å²) < 4.78 is 1.48. The number of nitrogens with one attached hydrogen (secondary N) is 1. The van der Waals surface area contributed by atoms with E-state index in [1.54, 1.807) is 47.6 Å². The molecule has 5 nitrogen and oxygen atoms in total. The number of nitrogens with zero attached hydrogens (tertiary/aromatic N) is 3. The minimum absolute atomic E-state index is 0.311. The molecule has 0 spiro atoms. The Morgan fingerprint density at radius 1 is 1.40 bits per heavy atom. The first-order valence-corrected chi connectivity index (χ1v) is 6.59. The van der Waals surface area contributed by atoms with Crippen LogP contribution in [-0.2, 0) is 4.79 Å². The molecule has 0 bridgehead atoms. The minimum Gasteiger partial charge on any atom is -0.319 e. The van der Waals surface area contributed by atoms with E-state index in [9.17, 15) is 4.79 Å². The van der Waals surface area contributed by atoms with Gasteiger partial charge in [-0.1, -0.05) is 28.6 Å². The Morgan fingerprint density at radius 3 is 3.00 bits per heavy atom. The molecule has 0 fully saturated rings. The van der Waals surface area contributed by atoms with Crippen molar-refractivity contribution in [1.82, 2.24) is 9.32 Å². The summed E-state index contributed by atoms with van der Waals surface area (Å²) in [6.07, 6.45) is 5.09. The second-order valence-corrected chi connectivity index (χ2v) is 5.09. The van der Waals surface area contributed by atoms with Crippen LogP contribution in [0.5, 0.6) is 0 Å². The largest absolute Gasteiger partial charge is 0.319 e. The predicted octanol–water partition coefficient (Wildman–Crippen LogP) is 2.61. The number of carbonyl (C=O) groups is 1. The number of hydrogen-bond acceptors (Lipinski definition) is 4. The van der Waals surface area contributed by atoms with Gasteiger partial charge in [-0.05, 0) is 12.1 Å². The van der Waals surface area contributed by atoms with Gasteiger partial charge < -0.3 is 5.32 Å². The zero-order valence-electron chi connectivity index (χ0n) is 10.3. The smallest absolute Gasteiger partial charge is 0.285 e. The summed E-state index contributed by atoms with van der Waals surface area (Å²) in [5, 5.41) is 3.21. The third kappa shape index (κ3) is 2.56. The lowest BCUT2D eigenvalue weighted by Crippen LogP contribution is -2.37. The molecule has 0 aliphatic carbocycles. The van der Waals surface area contributed by atoms with Crippen molar-refractivity contribution in [1.29, 1.82) is 0 Å².